The molecule has 2 aliphatic rings. The van der Waals surface area contributed by atoms with Gasteiger partial charge >= 0.3 is 0 Å². The van der Waals surface area contributed by atoms with Crippen molar-refractivity contribution in [3.05, 3.63) is 64.8 Å². The topological polar surface area (TPSA) is 39.3 Å². The second kappa shape index (κ2) is 7.12. The van der Waals surface area contributed by atoms with Gasteiger partial charge in [-0.3, -0.25) is 14.6 Å². The van der Waals surface area contributed by atoms with Crippen molar-refractivity contribution in [3.63, 3.8) is 0 Å². The van der Waals surface area contributed by atoms with Crippen LogP contribution in [0, 0.1) is 0 Å². The lowest BCUT2D eigenvalue weighted by Crippen LogP contribution is -2.42. The number of halogens is 1. The van der Waals surface area contributed by atoms with Crippen LogP contribution in [0.5, 0.6) is 0 Å². The van der Waals surface area contributed by atoms with Gasteiger partial charge in [0.25, 0.3) is 5.91 Å². The van der Waals surface area contributed by atoms with Gasteiger partial charge in [0.05, 0.1) is 12.4 Å². The minimum absolute atomic E-state index is 0.0492. The molecule has 1 amide bonds. The molecule has 142 valence electrons. The largest absolute Gasteiger partial charge is 0.361 e. The number of amides is 1. The lowest BCUT2D eigenvalue weighted by Gasteiger charge is -2.30. The van der Waals surface area contributed by atoms with Crippen molar-refractivity contribution in [2.75, 3.05) is 24.7 Å². The zero-order valence-corrected chi connectivity index (χ0v) is 16.4. The Morgan fingerprint density at radius 2 is 1.89 bits per heavy atom. The summed E-state index contributed by atoms with van der Waals surface area (Å²) in [5.74, 6) is 0.0492. The summed E-state index contributed by atoms with van der Waals surface area (Å²) in [7, 11) is 0. The maximum absolute atomic E-state index is 13.4. The van der Waals surface area contributed by atoms with Gasteiger partial charge in [0.1, 0.15) is 0 Å². The molecule has 1 N–H and O–H groups in total. The Kier molecular flexibility index (Phi) is 4.46. The summed E-state index contributed by atoms with van der Waals surface area (Å²) in [5.41, 5.74) is 4.69. The highest BCUT2D eigenvalue weighted by Crippen LogP contribution is 2.40. The summed E-state index contributed by atoms with van der Waals surface area (Å²) >= 11 is 6.27. The lowest BCUT2D eigenvalue weighted by atomic mass is 10.0. The molecule has 5 heteroatoms. The molecule has 3 aromatic rings. The fourth-order valence-electron chi connectivity index (χ4n) is 4.28. The summed E-state index contributed by atoms with van der Waals surface area (Å²) in [6.45, 7) is 2.71. The number of piperidine rings is 1. The standard InChI is InChI=1S/C23H22ClN3O/c24-17-8-9-19-20(12-16-14-25-21-7-3-2-6-18(16)21)23(28)27(22(19)13-17)15-26-10-4-1-5-11-26/h2-3,6-9,12-14,25H,1,4-5,10-11,15H2/b20-12-. The summed E-state index contributed by atoms with van der Waals surface area (Å²) < 4.78 is 0. The van der Waals surface area contributed by atoms with Crippen molar-refractivity contribution in [2.45, 2.75) is 19.3 Å². The molecule has 28 heavy (non-hydrogen) atoms. The van der Waals surface area contributed by atoms with Crippen LogP contribution in [-0.2, 0) is 4.79 Å². The van der Waals surface area contributed by atoms with E-state index in [0.717, 1.165) is 46.4 Å². The third kappa shape index (κ3) is 3.03. The highest BCUT2D eigenvalue weighted by molar-refractivity contribution is 6.37. The number of likely N-dealkylation sites (tertiary alicyclic amines) is 1. The lowest BCUT2D eigenvalue weighted by molar-refractivity contribution is -0.113. The Hall–Kier alpha value is -2.56. The maximum atomic E-state index is 13.4. The third-order valence-electron chi connectivity index (χ3n) is 5.73. The van der Waals surface area contributed by atoms with E-state index in [2.05, 4.69) is 16.0 Å². The number of carbonyl (C=O) groups excluding carboxylic acids is 1. The molecule has 1 fully saturated rings. The third-order valence-corrected chi connectivity index (χ3v) is 5.96. The van der Waals surface area contributed by atoms with E-state index in [9.17, 15) is 4.79 Å². The van der Waals surface area contributed by atoms with Gasteiger partial charge in [-0.1, -0.05) is 42.3 Å². The first-order valence-electron chi connectivity index (χ1n) is 9.83. The van der Waals surface area contributed by atoms with Crippen LogP contribution in [0.3, 0.4) is 0 Å². The number of nitrogens with zero attached hydrogens (tertiary/aromatic N) is 2. The zero-order valence-electron chi connectivity index (χ0n) is 15.6. The Morgan fingerprint density at radius 3 is 2.75 bits per heavy atom. The minimum atomic E-state index is 0.0492. The number of hydrogen-bond acceptors (Lipinski definition) is 2. The van der Waals surface area contributed by atoms with Crippen LogP contribution in [0.1, 0.15) is 30.4 Å². The van der Waals surface area contributed by atoms with E-state index < -0.39 is 0 Å². The number of H-pyrrole nitrogens is 1. The van der Waals surface area contributed by atoms with Crippen LogP contribution in [-0.4, -0.2) is 35.5 Å². The number of hydrogen-bond donors (Lipinski definition) is 1. The van der Waals surface area contributed by atoms with E-state index in [1.807, 2.05) is 53.6 Å². The number of benzene rings is 2. The first kappa shape index (κ1) is 17.5. The van der Waals surface area contributed by atoms with Crippen molar-refractivity contribution in [1.82, 2.24) is 9.88 Å². The average Bonchev–Trinajstić information content (AvgIpc) is 3.24. The van der Waals surface area contributed by atoms with Gasteiger partial charge in [0.15, 0.2) is 0 Å². The van der Waals surface area contributed by atoms with Crippen molar-refractivity contribution in [3.8, 4) is 0 Å². The molecule has 0 saturated carbocycles. The molecular formula is C23H22ClN3O. The minimum Gasteiger partial charge on any atom is -0.361 e. The number of fused-ring (bicyclic) bond motifs is 2. The molecule has 0 atom stereocenters. The molecule has 2 aliphatic heterocycles. The molecule has 1 aromatic heterocycles. The fourth-order valence-corrected chi connectivity index (χ4v) is 4.44. The summed E-state index contributed by atoms with van der Waals surface area (Å²) in [4.78, 5) is 20.9. The van der Waals surface area contributed by atoms with Gasteiger partial charge in [-0.2, -0.15) is 0 Å². The van der Waals surface area contributed by atoms with Gasteiger partial charge in [-0.05, 0) is 50.2 Å². The van der Waals surface area contributed by atoms with E-state index in [0.29, 0.717) is 11.7 Å². The fraction of sp³-hybridized carbons (Fsp3) is 0.261. The van der Waals surface area contributed by atoms with E-state index >= 15 is 0 Å². The number of aromatic nitrogens is 1. The van der Waals surface area contributed by atoms with E-state index in [-0.39, 0.29) is 5.91 Å². The molecule has 4 nitrogen and oxygen atoms in total. The van der Waals surface area contributed by atoms with E-state index in [1.54, 1.807) is 0 Å². The number of rotatable bonds is 3. The molecule has 0 spiro atoms. The molecule has 2 aromatic carbocycles. The smallest absolute Gasteiger partial charge is 0.260 e. The molecular weight excluding hydrogens is 370 g/mol. The van der Waals surface area contributed by atoms with Crippen molar-refractivity contribution < 1.29 is 4.79 Å². The summed E-state index contributed by atoms with van der Waals surface area (Å²) in [6, 6.07) is 13.9. The molecule has 1 saturated heterocycles. The molecule has 0 radical (unpaired) electrons. The van der Waals surface area contributed by atoms with Gasteiger partial charge in [-0.15, -0.1) is 0 Å². The second-order valence-electron chi connectivity index (χ2n) is 7.56. The number of anilines is 1. The molecule has 0 aliphatic carbocycles. The Bertz CT molecular complexity index is 1080. The molecule has 3 heterocycles. The van der Waals surface area contributed by atoms with Gasteiger partial charge in [0, 0.05) is 38.8 Å². The van der Waals surface area contributed by atoms with Gasteiger partial charge in [-0.25, -0.2) is 0 Å². The van der Waals surface area contributed by atoms with Crippen LogP contribution in [0.15, 0.2) is 48.7 Å². The summed E-state index contributed by atoms with van der Waals surface area (Å²) in [5, 5.41) is 1.77. The molecule has 0 unspecified atom stereocenters. The number of carbonyl (C=O) groups is 1. The van der Waals surface area contributed by atoms with E-state index in [1.165, 1.54) is 19.3 Å². The molecule has 0 bridgehead atoms. The monoisotopic (exact) mass is 391 g/mol. The van der Waals surface area contributed by atoms with Crippen LogP contribution in [0.2, 0.25) is 5.02 Å². The second-order valence-corrected chi connectivity index (χ2v) is 8.00. The van der Waals surface area contributed by atoms with Crippen LogP contribution in [0.25, 0.3) is 22.6 Å². The molecule has 5 rings (SSSR count). The first-order chi connectivity index (χ1) is 13.7. The van der Waals surface area contributed by atoms with Crippen molar-refractivity contribution in [1.29, 1.82) is 0 Å². The van der Waals surface area contributed by atoms with Gasteiger partial charge < -0.3 is 4.98 Å². The van der Waals surface area contributed by atoms with E-state index in [4.69, 9.17) is 11.6 Å². The van der Waals surface area contributed by atoms with Crippen LogP contribution < -0.4 is 4.90 Å². The predicted molar refractivity (Wildman–Crippen MR) is 115 cm³/mol. The summed E-state index contributed by atoms with van der Waals surface area (Å²) in [6.07, 6.45) is 7.64. The number of nitrogens with one attached hydrogen (secondary N) is 1. The van der Waals surface area contributed by atoms with Crippen molar-refractivity contribution >= 4 is 45.7 Å². The number of aromatic amines is 1. The van der Waals surface area contributed by atoms with Crippen LogP contribution in [0.4, 0.5) is 5.69 Å². The predicted octanol–water partition coefficient (Wildman–Crippen LogP) is 5.15. The first-order valence-corrected chi connectivity index (χ1v) is 10.2. The quantitative estimate of drug-likeness (QED) is 0.627. The Morgan fingerprint density at radius 1 is 1.07 bits per heavy atom. The number of para-hydroxylation sites is 1. The normalized spacial score (nSPS) is 19.0. The highest BCUT2D eigenvalue weighted by Gasteiger charge is 2.33. The SMILES string of the molecule is O=C1/C(=C\c2c[nH]c3ccccc23)c2ccc(Cl)cc2N1CN1CCCCC1. The Balaban J connectivity index is 1.56. The van der Waals surface area contributed by atoms with Crippen LogP contribution >= 0.6 is 11.6 Å². The van der Waals surface area contributed by atoms with Crippen molar-refractivity contribution in [2.24, 2.45) is 0 Å². The van der Waals surface area contributed by atoms with Gasteiger partial charge in [0.2, 0.25) is 0 Å². The average molecular weight is 392 g/mol. The maximum Gasteiger partial charge on any atom is 0.260 e. The zero-order chi connectivity index (χ0) is 19.1. The Labute approximate surface area is 169 Å². The highest BCUT2D eigenvalue weighted by atomic mass is 35.5.